The molecule has 1 saturated carbocycles. The summed E-state index contributed by atoms with van der Waals surface area (Å²) in [4.78, 5) is 13.8. The van der Waals surface area contributed by atoms with Gasteiger partial charge in [0.15, 0.2) is 5.78 Å². The topological polar surface area (TPSA) is 20.3 Å². The number of rotatable bonds is 0. The van der Waals surface area contributed by atoms with Crippen LogP contribution in [0.4, 0.5) is 0 Å². The number of nitrogens with zero attached hydrogens (tertiary/aromatic N) is 1. The molecule has 0 aromatic rings. The highest BCUT2D eigenvalue weighted by atomic mass is 16.1. The molecule has 3 heterocycles. The minimum Gasteiger partial charge on any atom is -0.298 e. The van der Waals surface area contributed by atoms with Gasteiger partial charge in [-0.15, -0.1) is 0 Å². The molecular weight excluding hydrogens is 138 g/mol. The van der Waals surface area contributed by atoms with Crippen LogP contribution in [-0.4, -0.2) is 30.3 Å². The zero-order chi connectivity index (χ0) is 7.42. The summed E-state index contributed by atoms with van der Waals surface area (Å²) >= 11 is 0. The quantitative estimate of drug-likeness (QED) is 0.503. The zero-order valence-electron chi connectivity index (χ0n) is 6.62. The molecule has 0 spiro atoms. The van der Waals surface area contributed by atoms with Crippen molar-refractivity contribution in [3.05, 3.63) is 0 Å². The molecule has 2 unspecified atom stereocenters. The van der Waals surface area contributed by atoms with Crippen molar-refractivity contribution in [1.82, 2.24) is 4.90 Å². The van der Waals surface area contributed by atoms with E-state index in [1.807, 2.05) is 0 Å². The minimum atomic E-state index is 0.486. The van der Waals surface area contributed by atoms with Crippen molar-refractivity contribution in [2.24, 2.45) is 17.8 Å². The number of Topliss-reactive ketones (excluding diaryl/α,β-unsaturated/α-hetero) is 1. The molecule has 1 aliphatic carbocycles. The van der Waals surface area contributed by atoms with E-state index in [2.05, 4.69) is 4.90 Å². The summed E-state index contributed by atoms with van der Waals surface area (Å²) in [5, 5.41) is 0. The number of ketones is 1. The van der Waals surface area contributed by atoms with Gasteiger partial charge in [-0.1, -0.05) is 0 Å². The van der Waals surface area contributed by atoms with Gasteiger partial charge in [0.05, 0.1) is 6.54 Å². The summed E-state index contributed by atoms with van der Waals surface area (Å²) in [5.41, 5.74) is 0. The lowest BCUT2D eigenvalue weighted by Crippen LogP contribution is -2.54. The van der Waals surface area contributed by atoms with E-state index in [1.165, 1.54) is 25.9 Å². The number of piperidine rings is 3. The molecule has 4 bridgehead atoms. The Balaban J connectivity index is 2.01. The number of fused-ring (bicyclic) bond motifs is 1. The van der Waals surface area contributed by atoms with Crippen molar-refractivity contribution >= 4 is 5.78 Å². The Labute approximate surface area is 66.6 Å². The first-order chi connectivity index (χ1) is 5.34. The van der Waals surface area contributed by atoms with Crippen LogP contribution in [0.5, 0.6) is 0 Å². The Morgan fingerprint density at radius 3 is 2.27 bits per heavy atom. The summed E-state index contributed by atoms with van der Waals surface area (Å²) < 4.78 is 0. The average Bonchev–Trinajstić information content (AvgIpc) is 2.27. The number of hydrogen-bond acceptors (Lipinski definition) is 2. The maximum Gasteiger partial charge on any atom is 0.150 e. The molecule has 0 aromatic heterocycles. The highest BCUT2D eigenvalue weighted by Gasteiger charge is 2.49. The van der Waals surface area contributed by atoms with Gasteiger partial charge in [0, 0.05) is 19.0 Å². The van der Waals surface area contributed by atoms with Crippen LogP contribution in [0.2, 0.25) is 0 Å². The van der Waals surface area contributed by atoms with Crippen LogP contribution in [0.25, 0.3) is 0 Å². The van der Waals surface area contributed by atoms with Crippen LogP contribution in [0.1, 0.15) is 12.8 Å². The van der Waals surface area contributed by atoms with Crippen molar-refractivity contribution in [3.63, 3.8) is 0 Å². The molecule has 2 heteroatoms. The van der Waals surface area contributed by atoms with Crippen molar-refractivity contribution in [2.75, 3.05) is 19.6 Å². The first kappa shape index (κ1) is 6.18. The smallest absolute Gasteiger partial charge is 0.150 e. The first-order valence-electron chi connectivity index (χ1n) is 4.59. The van der Waals surface area contributed by atoms with Gasteiger partial charge in [-0.3, -0.25) is 9.69 Å². The SMILES string of the molecule is O=C1CN2CC3CCC(C2)C13. The van der Waals surface area contributed by atoms with Crippen LogP contribution >= 0.6 is 0 Å². The monoisotopic (exact) mass is 151 g/mol. The molecule has 3 aliphatic heterocycles. The molecule has 60 valence electrons. The predicted molar refractivity (Wildman–Crippen MR) is 41.2 cm³/mol. The van der Waals surface area contributed by atoms with E-state index >= 15 is 0 Å². The lowest BCUT2D eigenvalue weighted by atomic mass is 9.78. The van der Waals surface area contributed by atoms with Gasteiger partial charge in [-0.05, 0) is 24.7 Å². The molecule has 0 radical (unpaired) electrons. The van der Waals surface area contributed by atoms with Crippen molar-refractivity contribution < 1.29 is 4.79 Å². The van der Waals surface area contributed by atoms with Crippen molar-refractivity contribution in [1.29, 1.82) is 0 Å². The third-order valence-electron chi connectivity index (χ3n) is 3.66. The molecule has 4 aliphatic rings. The Morgan fingerprint density at radius 2 is 1.82 bits per heavy atom. The fraction of sp³-hybridized carbons (Fsp3) is 0.889. The maximum atomic E-state index is 11.5. The fourth-order valence-corrected chi connectivity index (χ4v) is 3.30. The van der Waals surface area contributed by atoms with E-state index in [1.54, 1.807) is 0 Å². The van der Waals surface area contributed by atoms with Crippen molar-refractivity contribution in [2.45, 2.75) is 12.8 Å². The highest BCUT2D eigenvalue weighted by molar-refractivity contribution is 5.85. The summed E-state index contributed by atoms with van der Waals surface area (Å²) in [6.07, 6.45) is 2.63. The fourth-order valence-electron chi connectivity index (χ4n) is 3.30. The van der Waals surface area contributed by atoms with Gasteiger partial charge in [0.25, 0.3) is 0 Å². The minimum absolute atomic E-state index is 0.486. The predicted octanol–water partition coefficient (Wildman–Crippen LogP) is 0.527. The highest BCUT2D eigenvalue weighted by Crippen LogP contribution is 2.45. The van der Waals surface area contributed by atoms with E-state index in [-0.39, 0.29) is 0 Å². The molecule has 3 saturated heterocycles. The maximum absolute atomic E-state index is 11.5. The van der Waals surface area contributed by atoms with Crippen LogP contribution in [0.15, 0.2) is 0 Å². The van der Waals surface area contributed by atoms with E-state index in [9.17, 15) is 4.79 Å². The largest absolute Gasteiger partial charge is 0.298 e. The third-order valence-corrected chi connectivity index (χ3v) is 3.66. The van der Waals surface area contributed by atoms with Gasteiger partial charge in [-0.25, -0.2) is 0 Å². The van der Waals surface area contributed by atoms with E-state index in [0.717, 1.165) is 18.4 Å². The van der Waals surface area contributed by atoms with E-state index < -0.39 is 0 Å². The molecule has 0 N–H and O–H groups in total. The lowest BCUT2D eigenvalue weighted by molar-refractivity contribution is -0.135. The Hall–Kier alpha value is -0.370. The standard InChI is InChI=1S/C9H13NO/c11-8-5-10-3-6-1-2-7(4-10)9(6)8/h6-7,9H,1-5H2. The second-order valence-corrected chi connectivity index (χ2v) is 4.28. The zero-order valence-corrected chi connectivity index (χ0v) is 6.62. The summed E-state index contributed by atoms with van der Waals surface area (Å²) in [6, 6.07) is 0. The molecular formula is C9H13NO. The Bertz CT molecular complexity index is 200. The van der Waals surface area contributed by atoms with Crippen LogP contribution < -0.4 is 0 Å². The van der Waals surface area contributed by atoms with Gasteiger partial charge < -0.3 is 0 Å². The molecule has 0 aromatic carbocycles. The molecule has 4 rings (SSSR count). The number of carbonyl (C=O) groups is 1. The molecule has 2 nitrogen and oxygen atoms in total. The van der Waals surface area contributed by atoms with Gasteiger partial charge in [0.2, 0.25) is 0 Å². The number of carbonyl (C=O) groups excluding carboxylic acids is 1. The summed E-state index contributed by atoms with van der Waals surface area (Å²) in [7, 11) is 0. The van der Waals surface area contributed by atoms with E-state index in [4.69, 9.17) is 0 Å². The summed E-state index contributed by atoms with van der Waals surface area (Å²) in [5.74, 6) is 2.51. The Kier molecular flexibility index (Phi) is 1.05. The van der Waals surface area contributed by atoms with Gasteiger partial charge >= 0.3 is 0 Å². The van der Waals surface area contributed by atoms with E-state index in [0.29, 0.717) is 11.7 Å². The second-order valence-electron chi connectivity index (χ2n) is 4.28. The average molecular weight is 151 g/mol. The third kappa shape index (κ3) is 0.684. The van der Waals surface area contributed by atoms with Crippen molar-refractivity contribution in [3.8, 4) is 0 Å². The number of hydrogen-bond donors (Lipinski definition) is 0. The van der Waals surface area contributed by atoms with Crippen LogP contribution in [-0.2, 0) is 4.79 Å². The molecule has 0 amide bonds. The lowest BCUT2D eigenvalue weighted by Gasteiger charge is -2.43. The molecule has 11 heavy (non-hydrogen) atoms. The molecule has 4 fully saturated rings. The first-order valence-corrected chi connectivity index (χ1v) is 4.59. The normalized spacial score (nSPS) is 53.6. The summed E-state index contributed by atoms with van der Waals surface area (Å²) in [6.45, 7) is 3.19. The van der Waals surface area contributed by atoms with Crippen LogP contribution in [0.3, 0.4) is 0 Å². The van der Waals surface area contributed by atoms with Gasteiger partial charge in [-0.2, -0.15) is 0 Å². The Morgan fingerprint density at radius 1 is 1.18 bits per heavy atom. The van der Waals surface area contributed by atoms with Gasteiger partial charge in [0.1, 0.15) is 0 Å². The second kappa shape index (κ2) is 1.86. The van der Waals surface area contributed by atoms with Crippen LogP contribution in [0, 0.1) is 17.8 Å². The molecule has 2 atom stereocenters.